The Morgan fingerprint density at radius 3 is 1.17 bits per heavy atom. The first-order valence-corrected chi connectivity index (χ1v) is 40.6. The highest BCUT2D eigenvalue weighted by Gasteiger charge is 2.29. The number of halogens is 1. The van der Waals surface area contributed by atoms with Crippen LogP contribution in [0.3, 0.4) is 0 Å². The van der Waals surface area contributed by atoms with E-state index in [2.05, 4.69) is 95.3 Å². The highest BCUT2D eigenvalue weighted by atomic mass is 32.2. The number of anilines is 4. The van der Waals surface area contributed by atoms with Crippen LogP contribution in [0.25, 0.3) is 135 Å². The molecule has 15 N–H and O–H groups in total. The van der Waals surface area contributed by atoms with Crippen molar-refractivity contribution in [1.29, 1.82) is 0 Å². The number of likely N-dealkylation sites (tertiary alicyclic amines) is 1. The first kappa shape index (κ1) is 80.1. The Kier molecular flexibility index (Phi) is 23.8. The SMILES string of the molecule is Nc1ncc(-c2ccc(C(=O)NCCN3CCCC3)cc2)nc1-c1nc2ccccc2[nH]1.Nc1ncc(-c2ccc(C(=O)NCCO)cc2)nc1-c1nc2ccccc2[nH]1.Nc1ncc(-c2ccc(F)c(C(=O)N3CCOCC3)c2)nc1-c1nc2ccccc2[nH]1.Nc1ncc(-c2ccc(S(=O)(=O)N3CCCC3)cc2)nc1-c1nc2ccccc2[nH]1.[HH].[HH].[HH].[HH].[HH].[HH].[HH].[HH].[HH].[HH].[HH]. The smallest absolute Gasteiger partial charge is 0.257 e. The summed E-state index contributed by atoms with van der Waals surface area (Å²) in [6.07, 6.45) is 10.6. The van der Waals surface area contributed by atoms with E-state index < -0.39 is 15.8 Å². The second-order valence-corrected chi connectivity index (χ2v) is 30.5. The number of fused-ring (bicyclic) bond motifs is 4. The average molecular weight is 1660 g/mol. The lowest BCUT2D eigenvalue weighted by molar-refractivity contribution is 0.0300. The minimum absolute atomic E-state index is 0. The number of nitrogens with two attached hydrogens (primary N) is 4. The lowest BCUT2D eigenvalue weighted by Gasteiger charge is -2.27. The molecule has 3 saturated heterocycles. The highest BCUT2D eigenvalue weighted by Crippen LogP contribution is 2.33. The summed E-state index contributed by atoms with van der Waals surface area (Å²) in [7, 11) is -3.45. The zero-order chi connectivity index (χ0) is 83.5. The third kappa shape index (κ3) is 18.2. The predicted octanol–water partition coefficient (Wildman–Crippen LogP) is 13.7. The quantitative estimate of drug-likeness (QED) is 0.0380. The van der Waals surface area contributed by atoms with E-state index in [0.29, 0.717) is 137 Å². The third-order valence-electron chi connectivity index (χ3n) is 20.5. The van der Waals surface area contributed by atoms with E-state index in [1.165, 1.54) is 35.5 Å². The fourth-order valence-electron chi connectivity index (χ4n) is 14.1. The average Bonchev–Trinajstić information content (AvgIpc) is 1.33. The maximum absolute atomic E-state index is 14.5. The van der Waals surface area contributed by atoms with Crippen molar-refractivity contribution in [3.63, 3.8) is 0 Å². The van der Waals surface area contributed by atoms with Gasteiger partial charge in [0.05, 0.1) is 122 Å². The molecule has 3 amide bonds. The number of imidazole rings is 4. The molecule has 0 radical (unpaired) electrons. The summed E-state index contributed by atoms with van der Waals surface area (Å²) in [6, 6.07) is 56.0. The largest absolute Gasteiger partial charge is 0.395 e. The van der Waals surface area contributed by atoms with Crippen molar-refractivity contribution in [1.82, 2.24) is 104 Å². The van der Waals surface area contributed by atoms with Crippen molar-refractivity contribution >= 4 is 95.1 Å². The van der Waals surface area contributed by atoms with Crippen LogP contribution in [0, 0.1) is 5.82 Å². The van der Waals surface area contributed by atoms with Crippen LogP contribution in [-0.2, 0) is 14.8 Å². The molecule has 34 heteroatoms. The Balaban J connectivity index is 0.000000303. The molecule has 0 bridgehead atoms. The fraction of sp³-hybridized carbons (Fsp3) is 0.184. The number of hydrogen-bond donors (Lipinski definition) is 11. The van der Waals surface area contributed by atoms with E-state index in [9.17, 15) is 27.2 Å². The minimum atomic E-state index is -3.45. The van der Waals surface area contributed by atoms with Gasteiger partial charge in [-0.1, -0.05) is 84.9 Å². The van der Waals surface area contributed by atoms with Crippen LogP contribution in [-0.4, -0.2) is 204 Å². The van der Waals surface area contributed by atoms with Gasteiger partial charge in [0.25, 0.3) is 17.7 Å². The van der Waals surface area contributed by atoms with Gasteiger partial charge in [0.15, 0.2) is 46.6 Å². The number of hydrogen-bond acceptors (Lipinski definition) is 24. The van der Waals surface area contributed by atoms with E-state index in [0.717, 1.165) is 93.3 Å². The number of amides is 3. The molecule has 0 aliphatic carbocycles. The van der Waals surface area contributed by atoms with E-state index >= 15 is 0 Å². The molecule has 3 fully saturated rings. The fourth-order valence-corrected chi connectivity index (χ4v) is 15.6. The second-order valence-electron chi connectivity index (χ2n) is 28.5. The zero-order valence-corrected chi connectivity index (χ0v) is 66.0. The number of nitrogen functional groups attached to an aromatic ring is 4. The normalized spacial score (nSPS) is 13.6. The highest BCUT2D eigenvalue weighted by molar-refractivity contribution is 7.89. The van der Waals surface area contributed by atoms with Crippen LogP contribution in [0.4, 0.5) is 27.7 Å². The number of rotatable bonds is 18. The monoisotopic (exact) mass is 1660 g/mol. The van der Waals surface area contributed by atoms with Crippen LogP contribution in [0.1, 0.15) is 72.5 Å². The molecule has 11 heterocycles. The zero-order valence-electron chi connectivity index (χ0n) is 65.2. The number of aromatic nitrogens is 16. The molecule has 32 nitrogen and oxygen atoms in total. The predicted molar refractivity (Wildman–Crippen MR) is 483 cm³/mol. The van der Waals surface area contributed by atoms with Crippen LogP contribution in [0.5, 0.6) is 0 Å². The molecule has 3 aliphatic rings. The summed E-state index contributed by atoms with van der Waals surface area (Å²) in [4.78, 5) is 108. The van der Waals surface area contributed by atoms with Crippen LogP contribution < -0.4 is 33.6 Å². The number of ether oxygens (including phenoxy) is 1. The Morgan fingerprint density at radius 1 is 0.438 bits per heavy atom. The molecule has 0 spiro atoms. The number of para-hydroxylation sites is 8. The molecule has 0 saturated carbocycles. The van der Waals surface area contributed by atoms with Gasteiger partial charge < -0.3 is 73.1 Å². The number of H-pyrrole nitrogens is 4. The molecule has 8 aromatic carbocycles. The van der Waals surface area contributed by atoms with Gasteiger partial charge in [0, 0.05) is 94.9 Å². The number of morpholine rings is 1. The number of aliphatic hydroxyl groups is 1. The summed E-state index contributed by atoms with van der Waals surface area (Å²) in [5.74, 6) is 1.96. The molecule has 632 valence electrons. The molecule has 121 heavy (non-hydrogen) atoms. The lowest BCUT2D eigenvalue weighted by atomic mass is 10.1. The van der Waals surface area contributed by atoms with Gasteiger partial charge in [-0.3, -0.25) is 14.4 Å². The van der Waals surface area contributed by atoms with Crippen molar-refractivity contribution in [2.24, 2.45) is 0 Å². The van der Waals surface area contributed by atoms with Gasteiger partial charge in [-0.25, -0.2) is 72.6 Å². The van der Waals surface area contributed by atoms with E-state index in [1.807, 2.05) is 109 Å². The van der Waals surface area contributed by atoms with Crippen molar-refractivity contribution < 1.29 is 52.7 Å². The van der Waals surface area contributed by atoms with Crippen molar-refractivity contribution in [2.45, 2.75) is 30.6 Å². The van der Waals surface area contributed by atoms with Gasteiger partial charge in [-0.05, 0) is 142 Å². The standard InChI is InChI=1S/C24H25N7O.C22H19FN6O2.C21H20N6O2S.C20H18N6O2.11H2/c25-22-21(23-29-18-5-1-2-6-19(18)30-23)28-20(15-27-22)16-7-9-17(10-8-16)24(32)26-11-14-31-12-3-4-13-31;23-15-6-5-13(11-14(15)22(30)29-7-9-31-10-8-29)18-12-25-20(24)19(26-18)21-27-16-3-1-2-4-17(16)28-21;22-20-19(21-25-16-5-1-2-6-17(16)26-21)24-18(13-23-20)14-7-9-15(10-8-14)30(28,29)27-11-3-4-12-27;21-18-17(19-25-14-3-1-2-4-15(14)26-19)24-16(11-23-18)12-5-7-13(8-6-12)20(28)22-9-10-27;;;;;;;;;;;/h1-2,5-10,15H,3-4,11-14H2,(H2,25,27)(H,26,32)(H,29,30);1-6,11-12H,7-10H2,(H2,24,25)(H,27,28);1-2,5-10,13H,3-4,11-12H2,(H2,22,23)(H,25,26);1-8,11,27H,9-10H2,(H2,21,23)(H,22,28)(H,25,26);11*1H. The first-order chi connectivity index (χ1) is 58.9. The van der Waals surface area contributed by atoms with Gasteiger partial charge in [0.1, 0.15) is 28.6 Å². The summed E-state index contributed by atoms with van der Waals surface area (Å²) < 4.78 is 46.7. The number of benzene rings is 8. The first-order valence-electron chi connectivity index (χ1n) is 39.1. The summed E-state index contributed by atoms with van der Waals surface area (Å²) in [6.45, 7) is 6.82. The molecule has 0 atom stereocenters. The number of aliphatic hydroxyl groups excluding tert-OH is 1. The molecule has 16 aromatic rings. The molecule has 8 aromatic heterocycles. The molecular weight excluding hydrogens is 1560 g/mol. The Morgan fingerprint density at radius 2 is 0.785 bits per heavy atom. The van der Waals surface area contributed by atoms with Crippen molar-refractivity contribution in [3.05, 3.63) is 235 Å². The number of carbonyl (C=O) groups is 3. The van der Waals surface area contributed by atoms with Gasteiger partial charge in [0.2, 0.25) is 10.0 Å². The Bertz CT molecular complexity index is 6490. The Labute approximate surface area is 708 Å². The van der Waals surface area contributed by atoms with Crippen molar-refractivity contribution in [2.75, 3.05) is 102 Å². The topological polar surface area (TPSA) is 471 Å². The molecule has 3 aliphatic heterocycles. The van der Waals surface area contributed by atoms with E-state index in [4.69, 9.17) is 32.8 Å². The Hall–Kier alpha value is -14.7. The summed E-state index contributed by atoms with van der Waals surface area (Å²) in [5, 5.41) is 14.4. The number of nitrogens with one attached hydrogen (secondary N) is 6. The van der Waals surface area contributed by atoms with Crippen LogP contribution in [0.2, 0.25) is 0 Å². The van der Waals surface area contributed by atoms with Crippen LogP contribution in [0.15, 0.2) is 218 Å². The maximum atomic E-state index is 14.5. The van der Waals surface area contributed by atoms with E-state index in [-0.39, 0.29) is 74.5 Å². The molecule has 19 rings (SSSR count). The van der Waals surface area contributed by atoms with E-state index in [1.54, 1.807) is 90.2 Å². The maximum Gasteiger partial charge on any atom is 0.257 e. The minimum Gasteiger partial charge on any atom is -0.395 e. The lowest BCUT2D eigenvalue weighted by Crippen LogP contribution is -2.41. The number of sulfonamides is 1. The van der Waals surface area contributed by atoms with Gasteiger partial charge >= 0.3 is 0 Å². The summed E-state index contributed by atoms with van der Waals surface area (Å²) >= 11 is 0. The number of aromatic amines is 4. The number of nitrogens with zero attached hydrogens (tertiary/aromatic N) is 15. The summed E-state index contributed by atoms with van der Waals surface area (Å²) in [5.41, 5.74) is 39.2. The molecule has 0 unspecified atom stereocenters. The van der Waals surface area contributed by atoms with Crippen molar-refractivity contribution in [3.8, 4) is 91.1 Å². The third-order valence-corrected chi connectivity index (χ3v) is 22.4. The van der Waals surface area contributed by atoms with Gasteiger partial charge in [-0.15, -0.1) is 0 Å². The van der Waals surface area contributed by atoms with Crippen LogP contribution >= 0.6 is 0 Å². The number of carbonyl (C=O) groups excluding carboxylic acids is 3. The second kappa shape index (κ2) is 36.0. The van der Waals surface area contributed by atoms with Gasteiger partial charge in [-0.2, -0.15) is 4.31 Å². The molecular formula is C87H104FN25O7S.